The lowest BCUT2D eigenvalue weighted by Gasteiger charge is -2.28. The first kappa shape index (κ1) is 15.4. The summed E-state index contributed by atoms with van der Waals surface area (Å²) >= 11 is 4.55. The highest BCUT2D eigenvalue weighted by molar-refractivity contribution is 7.78. The van der Waals surface area contributed by atoms with Gasteiger partial charge in [-0.15, -0.1) is 0 Å². The molecule has 0 bridgehead atoms. The van der Waals surface area contributed by atoms with Crippen LogP contribution in [0.3, 0.4) is 0 Å². The molecular formula is C16H21FN2S. The Morgan fingerprint density at radius 2 is 1.70 bits per heavy atom. The van der Waals surface area contributed by atoms with Crippen LogP contribution in [0.1, 0.15) is 44.9 Å². The summed E-state index contributed by atoms with van der Waals surface area (Å²) < 4.78 is 13.9. The van der Waals surface area contributed by atoms with E-state index in [0.717, 1.165) is 38.5 Å². The number of allylic oxidation sites excluding steroid dienone is 2. The highest BCUT2D eigenvalue weighted by atomic mass is 32.1. The second kappa shape index (κ2) is 7.67. The Bertz CT molecular complexity index is 428. The predicted molar refractivity (Wildman–Crippen MR) is 81.3 cm³/mol. The smallest absolute Gasteiger partial charge is 0.124 e. The second-order valence-corrected chi connectivity index (χ2v) is 6.19. The van der Waals surface area contributed by atoms with Crippen molar-refractivity contribution in [1.29, 1.82) is 5.26 Å². The first-order chi connectivity index (χ1) is 9.72. The van der Waals surface area contributed by atoms with Crippen LogP contribution in [0.15, 0.2) is 17.1 Å². The van der Waals surface area contributed by atoms with Crippen LogP contribution in [0.25, 0.3) is 0 Å². The van der Waals surface area contributed by atoms with Crippen molar-refractivity contribution in [2.24, 2.45) is 22.7 Å². The first-order valence-corrected chi connectivity index (χ1v) is 7.92. The number of alkyl halides is 1. The van der Waals surface area contributed by atoms with Crippen molar-refractivity contribution < 1.29 is 4.39 Å². The maximum Gasteiger partial charge on any atom is 0.124 e. The average molecular weight is 292 g/mol. The highest BCUT2D eigenvalue weighted by Crippen LogP contribution is 2.32. The standard InChI is InChI=1S/C16H21FN2S/c17-15-9-13(7-8-16(15)19-11-20)4-1-12-2-5-14(10-18)6-3-12/h1,4,12-16H,2-3,5-9H2/b4-1+. The van der Waals surface area contributed by atoms with Crippen molar-refractivity contribution in [2.45, 2.75) is 57.2 Å². The van der Waals surface area contributed by atoms with Crippen LogP contribution in [-0.2, 0) is 0 Å². The van der Waals surface area contributed by atoms with E-state index in [1.54, 1.807) is 0 Å². The maximum atomic E-state index is 13.9. The number of nitrogens with zero attached hydrogens (tertiary/aromatic N) is 2. The van der Waals surface area contributed by atoms with Gasteiger partial charge >= 0.3 is 0 Å². The Balaban J connectivity index is 1.79. The molecule has 0 heterocycles. The molecule has 2 saturated carbocycles. The molecule has 2 nitrogen and oxygen atoms in total. The molecule has 0 amide bonds. The van der Waals surface area contributed by atoms with Gasteiger partial charge in [-0.25, -0.2) is 9.38 Å². The summed E-state index contributed by atoms with van der Waals surface area (Å²) in [6, 6.07) is 2.08. The number of aliphatic imine (C=N–C) groups is 1. The van der Waals surface area contributed by atoms with Crippen molar-refractivity contribution in [3.63, 3.8) is 0 Å². The van der Waals surface area contributed by atoms with Crippen molar-refractivity contribution in [3.05, 3.63) is 12.2 Å². The molecule has 0 aromatic heterocycles. The Labute approximate surface area is 125 Å². The summed E-state index contributed by atoms with van der Waals surface area (Å²) in [5, 5.41) is 11.2. The summed E-state index contributed by atoms with van der Waals surface area (Å²) in [7, 11) is 0. The molecule has 2 aliphatic carbocycles. The molecule has 4 heteroatoms. The number of halogens is 1. The molecule has 20 heavy (non-hydrogen) atoms. The van der Waals surface area contributed by atoms with Crippen LogP contribution in [0.4, 0.5) is 4.39 Å². The first-order valence-electron chi connectivity index (χ1n) is 7.52. The van der Waals surface area contributed by atoms with Gasteiger partial charge < -0.3 is 0 Å². The van der Waals surface area contributed by atoms with Gasteiger partial charge in [-0.05, 0) is 69.0 Å². The fourth-order valence-corrected chi connectivity index (χ4v) is 3.41. The quantitative estimate of drug-likeness (QED) is 0.437. The number of isothiocyanates is 1. The van der Waals surface area contributed by atoms with E-state index >= 15 is 0 Å². The van der Waals surface area contributed by atoms with E-state index < -0.39 is 6.17 Å². The normalized spacial score (nSPS) is 38.1. The van der Waals surface area contributed by atoms with E-state index in [9.17, 15) is 4.39 Å². The summed E-state index contributed by atoms with van der Waals surface area (Å²) in [6.07, 6.45) is 10.1. The lowest BCUT2D eigenvalue weighted by molar-refractivity contribution is 0.192. The molecule has 2 fully saturated rings. The number of hydrogen-bond acceptors (Lipinski definition) is 3. The summed E-state index contributed by atoms with van der Waals surface area (Å²) in [5.41, 5.74) is 0. The number of nitriles is 1. The number of hydrogen-bond donors (Lipinski definition) is 0. The van der Waals surface area contributed by atoms with Gasteiger partial charge in [0.1, 0.15) is 6.17 Å². The van der Waals surface area contributed by atoms with Gasteiger partial charge in [-0.3, -0.25) is 0 Å². The molecule has 0 radical (unpaired) electrons. The van der Waals surface area contributed by atoms with Crippen LogP contribution in [0, 0.1) is 29.1 Å². The van der Waals surface area contributed by atoms with Crippen LogP contribution in [0.2, 0.25) is 0 Å². The van der Waals surface area contributed by atoms with Gasteiger partial charge in [-0.1, -0.05) is 12.2 Å². The molecule has 0 N–H and O–H groups in total. The third kappa shape index (κ3) is 4.23. The Morgan fingerprint density at radius 3 is 2.30 bits per heavy atom. The molecular weight excluding hydrogens is 271 g/mol. The average Bonchev–Trinajstić information content (AvgIpc) is 2.48. The minimum Gasteiger partial charge on any atom is -0.245 e. The molecule has 3 atom stereocenters. The van der Waals surface area contributed by atoms with E-state index in [1.165, 1.54) is 0 Å². The Kier molecular flexibility index (Phi) is 5.88. The molecule has 2 rings (SSSR count). The number of thiocarbonyl (C=S) groups is 1. The minimum absolute atomic E-state index is 0.248. The Hall–Kier alpha value is -1.04. The molecule has 108 valence electrons. The predicted octanol–water partition coefficient (Wildman–Crippen LogP) is 4.48. The SMILES string of the molecule is N#CC1CCC(/C=C/C2CCC(N=C=S)C(F)C2)CC1. The zero-order valence-electron chi connectivity index (χ0n) is 11.7. The van der Waals surface area contributed by atoms with Gasteiger partial charge in [0.2, 0.25) is 0 Å². The largest absolute Gasteiger partial charge is 0.245 e. The summed E-state index contributed by atoms with van der Waals surface area (Å²) in [4.78, 5) is 3.90. The molecule has 0 saturated heterocycles. The fourth-order valence-electron chi connectivity index (χ4n) is 3.27. The third-order valence-electron chi connectivity index (χ3n) is 4.61. The molecule has 3 unspecified atom stereocenters. The lowest BCUT2D eigenvalue weighted by Crippen LogP contribution is -2.28. The summed E-state index contributed by atoms with van der Waals surface area (Å²) in [6.45, 7) is 0. The van der Waals surface area contributed by atoms with Gasteiger partial charge in [0.25, 0.3) is 0 Å². The van der Waals surface area contributed by atoms with Crippen molar-refractivity contribution >= 4 is 17.4 Å². The van der Waals surface area contributed by atoms with Gasteiger partial charge in [0.05, 0.1) is 17.3 Å². The van der Waals surface area contributed by atoms with E-state index in [0.29, 0.717) is 18.3 Å². The molecule has 0 aromatic carbocycles. The summed E-state index contributed by atoms with van der Waals surface area (Å²) in [5.74, 6) is 1.16. The van der Waals surface area contributed by atoms with Gasteiger partial charge in [-0.2, -0.15) is 5.26 Å². The van der Waals surface area contributed by atoms with Gasteiger partial charge in [0, 0.05) is 5.92 Å². The lowest BCUT2D eigenvalue weighted by atomic mass is 9.80. The second-order valence-electron chi connectivity index (χ2n) is 6.00. The van der Waals surface area contributed by atoms with E-state index in [4.69, 9.17) is 5.26 Å². The minimum atomic E-state index is -0.886. The van der Waals surface area contributed by atoms with Gasteiger partial charge in [0.15, 0.2) is 0 Å². The molecule has 0 aliphatic heterocycles. The monoisotopic (exact) mass is 292 g/mol. The van der Waals surface area contributed by atoms with E-state index in [2.05, 4.69) is 40.6 Å². The molecule has 0 spiro atoms. The topological polar surface area (TPSA) is 36.1 Å². The molecule has 2 aliphatic rings. The molecule has 0 aromatic rings. The van der Waals surface area contributed by atoms with E-state index in [1.807, 2.05) is 0 Å². The van der Waals surface area contributed by atoms with Crippen LogP contribution >= 0.6 is 12.2 Å². The van der Waals surface area contributed by atoms with Crippen molar-refractivity contribution in [1.82, 2.24) is 0 Å². The zero-order chi connectivity index (χ0) is 14.4. The number of rotatable bonds is 3. The van der Waals surface area contributed by atoms with Crippen LogP contribution in [0.5, 0.6) is 0 Å². The fraction of sp³-hybridized carbons (Fsp3) is 0.750. The maximum absolute atomic E-state index is 13.9. The third-order valence-corrected chi connectivity index (χ3v) is 4.71. The van der Waals surface area contributed by atoms with Crippen molar-refractivity contribution in [3.8, 4) is 6.07 Å². The zero-order valence-corrected chi connectivity index (χ0v) is 12.5. The van der Waals surface area contributed by atoms with Crippen LogP contribution < -0.4 is 0 Å². The Morgan fingerprint density at radius 1 is 1.05 bits per heavy atom. The highest BCUT2D eigenvalue weighted by Gasteiger charge is 2.29. The van der Waals surface area contributed by atoms with Crippen molar-refractivity contribution in [2.75, 3.05) is 0 Å². The van der Waals surface area contributed by atoms with E-state index in [-0.39, 0.29) is 12.0 Å². The van der Waals surface area contributed by atoms with Crippen LogP contribution in [-0.4, -0.2) is 17.4 Å².